The number of ether oxygens (including phenoxy) is 1. The van der Waals surface area contributed by atoms with Crippen LogP contribution in [0.3, 0.4) is 0 Å². The average molecular weight is 218 g/mol. The van der Waals surface area contributed by atoms with Gasteiger partial charge < -0.3 is 4.74 Å². The van der Waals surface area contributed by atoms with Gasteiger partial charge in [-0.3, -0.25) is 0 Å². The summed E-state index contributed by atoms with van der Waals surface area (Å²) in [6, 6.07) is 0. The van der Waals surface area contributed by atoms with Gasteiger partial charge in [-0.05, 0) is 25.8 Å². The highest BCUT2D eigenvalue weighted by Crippen LogP contribution is 2.24. The van der Waals surface area contributed by atoms with Crippen LogP contribution < -0.4 is 0 Å². The van der Waals surface area contributed by atoms with Crippen LogP contribution in [0.25, 0.3) is 0 Å². The lowest BCUT2D eigenvalue weighted by atomic mass is 10.2. The van der Waals surface area contributed by atoms with Crippen LogP contribution in [0.5, 0.6) is 0 Å². The SMILES string of the molecule is CC1=CCCC=C(OC(F)(F)F)CC=C1. The van der Waals surface area contributed by atoms with Crippen molar-refractivity contribution in [2.24, 2.45) is 0 Å². The van der Waals surface area contributed by atoms with Gasteiger partial charge in [0.2, 0.25) is 0 Å². The summed E-state index contributed by atoms with van der Waals surface area (Å²) >= 11 is 0. The van der Waals surface area contributed by atoms with Crippen LogP contribution in [0.15, 0.2) is 35.6 Å². The maximum absolute atomic E-state index is 12.0. The summed E-state index contributed by atoms with van der Waals surface area (Å²) < 4.78 is 39.7. The number of rotatable bonds is 1. The van der Waals surface area contributed by atoms with Gasteiger partial charge in [0.1, 0.15) is 5.76 Å². The van der Waals surface area contributed by atoms with E-state index in [4.69, 9.17) is 0 Å². The highest BCUT2D eigenvalue weighted by Gasteiger charge is 2.31. The molecule has 0 unspecified atom stereocenters. The molecule has 0 bridgehead atoms. The topological polar surface area (TPSA) is 9.23 Å². The molecule has 84 valence electrons. The monoisotopic (exact) mass is 218 g/mol. The highest BCUT2D eigenvalue weighted by molar-refractivity contribution is 5.19. The van der Waals surface area contributed by atoms with Crippen LogP contribution in [0.1, 0.15) is 26.2 Å². The van der Waals surface area contributed by atoms with Gasteiger partial charge in [0.05, 0.1) is 0 Å². The molecule has 0 saturated heterocycles. The fourth-order valence-corrected chi connectivity index (χ4v) is 1.30. The third kappa shape index (κ3) is 5.30. The Morgan fingerprint density at radius 2 is 1.87 bits per heavy atom. The molecule has 0 N–H and O–H groups in total. The quantitative estimate of drug-likeness (QED) is 0.644. The number of halogens is 3. The van der Waals surface area contributed by atoms with E-state index in [1.807, 2.05) is 13.0 Å². The predicted molar refractivity (Wildman–Crippen MR) is 52.0 cm³/mol. The molecule has 0 aromatic rings. The molecule has 1 rings (SSSR count). The molecule has 0 amide bonds. The van der Waals surface area contributed by atoms with Gasteiger partial charge in [0.15, 0.2) is 0 Å². The number of hydrogen-bond acceptors (Lipinski definition) is 1. The Kier molecular flexibility index (Phi) is 4.00. The molecule has 0 aromatic heterocycles. The van der Waals surface area contributed by atoms with E-state index in [9.17, 15) is 13.2 Å². The van der Waals surface area contributed by atoms with Gasteiger partial charge in [-0.25, -0.2) is 0 Å². The average Bonchev–Trinajstić information content (AvgIpc) is 2.16. The molecule has 0 heterocycles. The highest BCUT2D eigenvalue weighted by atomic mass is 19.4. The first kappa shape index (κ1) is 11.9. The van der Waals surface area contributed by atoms with Crippen molar-refractivity contribution in [1.82, 2.24) is 0 Å². The zero-order valence-electron chi connectivity index (χ0n) is 8.47. The lowest BCUT2D eigenvalue weighted by Crippen LogP contribution is -2.12. The Balaban J connectivity index is 2.63. The predicted octanol–water partition coefficient (Wildman–Crippen LogP) is 4.09. The number of alkyl halides is 3. The van der Waals surface area contributed by atoms with Gasteiger partial charge in [0, 0.05) is 6.42 Å². The van der Waals surface area contributed by atoms with Crippen LogP contribution in [0, 0.1) is 0 Å². The van der Waals surface area contributed by atoms with E-state index in [2.05, 4.69) is 4.74 Å². The fourth-order valence-electron chi connectivity index (χ4n) is 1.30. The van der Waals surface area contributed by atoms with E-state index in [0.29, 0.717) is 6.42 Å². The lowest BCUT2D eigenvalue weighted by Gasteiger charge is -2.10. The summed E-state index contributed by atoms with van der Waals surface area (Å²) in [6.07, 6.45) is 3.87. The zero-order chi connectivity index (χ0) is 11.3. The second-order valence-corrected chi connectivity index (χ2v) is 3.35. The molecule has 0 saturated carbocycles. The van der Waals surface area contributed by atoms with Crippen molar-refractivity contribution in [1.29, 1.82) is 0 Å². The maximum atomic E-state index is 12.0. The second-order valence-electron chi connectivity index (χ2n) is 3.35. The van der Waals surface area contributed by atoms with Gasteiger partial charge >= 0.3 is 6.36 Å². The summed E-state index contributed by atoms with van der Waals surface area (Å²) in [4.78, 5) is 0. The molecule has 1 aliphatic carbocycles. The summed E-state index contributed by atoms with van der Waals surface area (Å²) in [5, 5.41) is 0. The first-order valence-corrected chi connectivity index (χ1v) is 4.75. The minimum atomic E-state index is -4.59. The molecule has 1 nitrogen and oxygen atoms in total. The summed E-state index contributed by atoms with van der Waals surface area (Å²) in [5.74, 6) is -0.0261. The molecule has 1 aliphatic rings. The van der Waals surface area contributed by atoms with Gasteiger partial charge in [-0.1, -0.05) is 23.8 Å². The van der Waals surface area contributed by atoms with E-state index in [-0.39, 0.29) is 12.2 Å². The van der Waals surface area contributed by atoms with Crippen molar-refractivity contribution in [2.45, 2.75) is 32.5 Å². The molecule has 0 fully saturated rings. The molecule has 0 radical (unpaired) electrons. The van der Waals surface area contributed by atoms with Gasteiger partial charge in [0.25, 0.3) is 0 Å². The number of hydrogen-bond donors (Lipinski definition) is 0. The van der Waals surface area contributed by atoms with E-state index in [1.165, 1.54) is 6.08 Å². The van der Waals surface area contributed by atoms with Crippen LogP contribution in [0.2, 0.25) is 0 Å². The van der Waals surface area contributed by atoms with Crippen molar-refractivity contribution in [3.8, 4) is 0 Å². The molecule has 15 heavy (non-hydrogen) atoms. The van der Waals surface area contributed by atoms with E-state index < -0.39 is 6.36 Å². The van der Waals surface area contributed by atoms with Gasteiger partial charge in [-0.2, -0.15) is 0 Å². The van der Waals surface area contributed by atoms with Crippen molar-refractivity contribution < 1.29 is 17.9 Å². The minimum Gasteiger partial charge on any atom is -0.410 e. The number of allylic oxidation sites excluding steroid dienone is 5. The summed E-state index contributed by atoms with van der Waals surface area (Å²) in [6.45, 7) is 1.92. The van der Waals surface area contributed by atoms with Crippen LogP contribution in [-0.4, -0.2) is 6.36 Å². The first-order valence-electron chi connectivity index (χ1n) is 4.75. The smallest absolute Gasteiger partial charge is 0.410 e. The van der Waals surface area contributed by atoms with Crippen LogP contribution >= 0.6 is 0 Å². The summed E-state index contributed by atoms with van der Waals surface area (Å²) in [7, 11) is 0. The Morgan fingerprint density at radius 1 is 1.20 bits per heavy atom. The zero-order valence-corrected chi connectivity index (χ0v) is 8.47. The fraction of sp³-hybridized carbons (Fsp3) is 0.455. The Hall–Kier alpha value is -1.19. The standard InChI is InChI=1S/C11H13F3O/c1-9-5-2-3-7-10(8-4-6-9)15-11(12,13)14/h4-7H,2-3,8H2,1H3. The van der Waals surface area contributed by atoms with E-state index in [0.717, 1.165) is 12.0 Å². The molecule has 0 aromatic carbocycles. The third-order valence-electron chi connectivity index (χ3n) is 1.95. The molecule has 0 atom stereocenters. The van der Waals surface area contributed by atoms with E-state index in [1.54, 1.807) is 12.2 Å². The Labute approximate surface area is 86.9 Å². The normalized spacial score (nSPS) is 18.4. The molecule has 4 heteroatoms. The van der Waals surface area contributed by atoms with Crippen molar-refractivity contribution in [3.63, 3.8) is 0 Å². The van der Waals surface area contributed by atoms with Crippen molar-refractivity contribution in [3.05, 3.63) is 35.6 Å². The Bertz CT molecular complexity index is 297. The molecule has 0 aliphatic heterocycles. The maximum Gasteiger partial charge on any atom is 0.572 e. The first-order chi connectivity index (χ1) is 6.97. The van der Waals surface area contributed by atoms with Crippen molar-refractivity contribution in [2.75, 3.05) is 0 Å². The summed E-state index contributed by atoms with van der Waals surface area (Å²) in [5.41, 5.74) is 1.07. The third-order valence-corrected chi connectivity index (χ3v) is 1.95. The molecular formula is C11H13F3O. The van der Waals surface area contributed by atoms with E-state index >= 15 is 0 Å². The molecular weight excluding hydrogens is 205 g/mol. The Morgan fingerprint density at radius 3 is 2.53 bits per heavy atom. The second kappa shape index (κ2) is 5.05. The largest absolute Gasteiger partial charge is 0.572 e. The molecule has 0 spiro atoms. The van der Waals surface area contributed by atoms with Crippen LogP contribution in [0.4, 0.5) is 13.2 Å². The minimum absolute atomic E-state index is 0.0261. The van der Waals surface area contributed by atoms with Gasteiger partial charge in [-0.15, -0.1) is 13.2 Å². The van der Waals surface area contributed by atoms with Crippen molar-refractivity contribution >= 4 is 0 Å². The van der Waals surface area contributed by atoms with Crippen LogP contribution in [-0.2, 0) is 4.74 Å². The lowest BCUT2D eigenvalue weighted by molar-refractivity contribution is -0.306.